The molecule has 0 aromatic rings. The lowest BCUT2D eigenvalue weighted by atomic mass is 9.82. The highest BCUT2D eigenvalue weighted by Crippen LogP contribution is 2.25. The van der Waals surface area contributed by atoms with Crippen molar-refractivity contribution < 1.29 is 14.6 Å². The van der Waals surface area contributed by atoms with Crippen LogP contribution in [0.5, 0.6) is 0 Å². The van der Waals surface area contributed by atoms with Gasteiger partial charge >= 0.3 is 5.97 Å². The summed E-state index contributed by atoms with van der Waals surface area (Å²) in [4.78, 5) is 13.7. The number of carbonyl (C=O) groups is 1. The molecule has 0 aliphatic carbocycles. The highest BCUT2D eigenvalue weighted by Gasteiger charge is 2.29. The second-order valence-electron chi connectivity index (χ2n) is 6.74. The van der Waals surface area contributed by atoms with Crippen LogP contribution in [0.25, 0.3) is 0 Å². The Hall–Kier alpha value is -0.650. The van der Waals surface area contributed by atoms with Crippen molar-refractivity contribution in [1.82, 2.24) is 10.2 Å². The first-order valence-electron chi connectivity index (χ1n) is 8.70. The minimum atomic E-state index is -0.297. The average Bonchev–Trinajstić information content (AvgIpc) is 2.51. The van der Waals surface area contributed by atoms with Crippen molar-refractivity contribution in [2.24, 2.45) is 5.41 Å². The van der Waals surface area contributed by atoms with Gasteiger partial charge in [-0.25, -0.2) is 0 Å². The van der Waals surface area contributed by atoms with Crippen molar-refractivity contribution in [3.63, 3.8) is 0 Å². The molecule has 5 nitrogen and oxygen atoms in total. The number of ether oxygens (including phenoxy) is 1. The molecule has 0 aromatic carbocycles. The van der Waals surface area contributed by atoms with Crippen LogP contribution in [-0.2, 0) is 9.53 Å². The van der Waals surface area contributed by atoms with Gasteiger partial charge in [0.05, 0.1) is 19.1 Å². The van der Waals surface area contributed by atoms with Crippen LogP contribution >= 0.6 is 0 Å². The van der Waals surface area contributed by atoms with E-state index in [4.69, 9.17) is 4.74 Å². The number of nitrogens with one attached hydrogen (secondary N) is 1. The molecule has 1 fully saturated rings. The van der Waals surface area contributed by atoms with Crippen LogP contribution in [0, 0.1) is 5.41 Å². The summed E-state index contributed by atoms with van der Waals surface area (Å²) in [7, 11) is 0. The number of esters is 1. The Morgan fingerprint density at radius 1 is 1.41 bits per heavy atom. The molecular weight excluding hydrogens is 280 g/mol. The fraction of sp³-hybridized carbons (Fsp3) is 0.941. The Labute approximate surface area is 135 Å². The molecule has 2 atom stereocenters. The van der Waals surface area contributed by atoms with E-state index in [9.17, 15) is 9.90 Å². The lowest BCUT2D eigenvalue weighted by Crippen LogP contribution is -2.48. The summed E-state index contributed by atoms with van der Waals surface area (Å²) < 4.78 is 4.96. The summed E-state index contributed by atoms with van der Waals surface area (Å²) in [6.45, 7) is 12.1. The van der Waals surface area contributed by atoms with Crippen LogP contribution in [0.4, 0.5) is 0 Å². The third-order valence-electron chi connectivity index (χ3n) is 5.14. The predicted octanol–water partition coefficient (Wildman–Crippen LogP) is 1.79. The molecule has 1 rings (SSSR count). The second kappa shape index (κ2) is 9.48. The van der Waals surface area contributed by atoms with Crippen LogP contribution in [0.15, 0.2) is 0 Å². The molecule has 0 radical (unpaired) electrons. The van der Waals surface area contributed by atoms with Gasteiger partial charge in [-0.2, -0.15) is 0 Å². The number of aliphatic hydroxyl groups excluding tert-OH is 1. The van der Waals surface area contributed by atoms with Crippen LogP contribution < -0.4 is 5.32 Å². The van der Waals surface area contributed by atoms with E-state index in [0.717, 1.165) is 45.4 Å². The van der Waals surface area contributed by atoms with Gasteiger partial charge in [0, 0.05) is 24.5 Å². The molecule has 1 saturated heterocycles. The van der Waals surface area contributed by atoms with Crippen LogP contribution in [-0.4, -0.2) is 60.9 Å². The molecule has 130 valence electrons. The standard InChI is InChI=1S/C17H34N2O3/c1-5-17(4,14(3)20)13-18-15-7-10-19(11-8-15)12-9-16(21)22-6-2/h14-15,18,20H,5-13H2,1-4H3/t14-,17+/m0/s1. The Morgan fingerprint density at radius 3 is 2.55 bits per heavy atom. The Bertz CT molecular complexity index is 328. The number of rotatable bonds is 9. The van der Waals surface area contributed by atoms with E-state index < -0.39 is 0 Å². The second-order valence-corrected chi connectivity index (χ2v) is 6.74. The van der Waals surface area contributed by atoms with E-state index in [-0.39, 0.29) is 17.5 Å². The van der Waals surface area contributed by atoms with Gasteiger partial charge in [-0.05, 0) is 46.2 Å². The molecule has 0 spiro atoms. The number of hydrogen-bond acceptors (Lipinski definition) is 5. The van der Waals surface area contributed by atoms with Crippen molar-refractivity contribution in [2.75, 3.05) is 32.8 Å². The Morgan fingerprint density at radius 2 is 2.05 bits per heavy atom. The van der Waals surface area contributed by atoms with Gasteiger partial charge in [0.15, 0.2) is 0 Å². The van der Waals surface area contributed by atoms with Gasteiger partial charge in [0.2, 0.25) is 0 Å². The topological polar surface area (TPSA) is 61.8 Å². The molecule has 0 bridgehead atoms. The maximum absolute atomic E-state index is 11.4. The lowest BCUT2D eigenvalue weighted by Gasteiger charge is -2.37. The van der Waals surface area contributed by atoms with Crippen LogP contribution in [0.3, 0.4) is 0 Å². The van der Waals surface area contributed by atoms with Gasteiger partial charge in [-0.1, -0.05) is 13.8 Å². The van der Waals surface area contributed by atoms with E-state index in [2.05, 4.69) is 24.1 Å². The Kier molecular flexibility index (Phi) is 8.36. The lowest BCUT2D eigenvalue weighted by molar-refractivity contribution is -0.143. The summed E-state index contributed by atoms with van der Waals surface area (Å²) in [5.74, 6) is -0.0987. The van der Waals surface area contributed by atoms with E-state index in [0.29, 0.717) is 19.1 Å². The summed E-state index contributed by atoms with van der Waals surface area (Å²) in [6.07, 6.45) is 3.36. The molecule has 0 amide bonds. The quantitative estimate of drug-likeness (QED) is 0.635. The molecule has 1 aliphatic heterocycles. The molecule has 0 aromatic heterocycles. The van der Waals surface area contributed by atoms with E-state index in [1.54, 1.807) is 0 Å². The third-order valence-corrected chi connectivity index (χ3v) is 5.14. The summed E-state index contributed by atoms with van der Waals surface area (Å²) >= 11 is 0. The minimum absolute atomic E-state index is 0.0545. The third kappa shape index (κ3) is 6.23. The van der Waals surface area contributed by atoms with Crippen molar-refractivity contribution in [2.45, 2.75) is 65.5 Å². The molecular formula is C17H34N2O3. The van der Waals surface area contributed by atoms with Crippen molar-refractivity contribution in [1.29, 1.82) is 0 Å². The van der Waals surface area contributed by atoms with Gasteiger partial charge in [-0.3, -0.25) is 4.79 Å². The zero-order chi connectivity index (χ0) is 16.6. The van der Waals surface area contributed by atoms with Gasteiger partial charge in [-0.15, -0.1) is 0 Å². The molecule has 2 N–H and O–H groups in total. The molecule has 0 saturated carbocycles. The van der Waals surface area contributed by atoms with Gasteiger partial charge in [0.1, 0.15) is 0 Å². The smallest absolute Gasteiger partial charge is 0.307 e. The largest absolute Gasteiger partial charge is 0.466 e. The van der Waals surface area contributed by atoms with Crippen LogP contribution in [0.1, 0.15) is 53.4 Å². The number of likely N-dealkylation sites (tertiary alicyclic amines) is 1. The zero-order valence-corrected chi connectivity index (χ0v) is 14.7. The summed E-state index contributed by atoms with van der Waals surface area (Å²) in [6, 6.07) is 0.517. The molecule has 1 aliphatic rings. The maximum Gasteiger partial charge on any atom is 0.307 e. The first kappa shape index (κ1) is 19.4. The van der Waals surface area contributed by atoms with E-state index in [1.807, 2.05) is 13.8 Å². The molecule has 0 unspecified atom stereocenters. The van der Waals surface area contributed by atoms with E-state index >= 15 is 0 Å². The molecule has 1 heterocycles. The summed E-state index contributed by atoms with van der Waals surface area (Å²) in [5, 5.41) is 13.5. The first-order chi connectivity index (χ1) is 10.4. The monoisotopic (exact) mass is 314 g/mol. The van der Waals surface area contributed by atoms with Crippen molar-refractivity contribution in [3.8, 4) is 0 Å². The SMILES string of the molecule is CCOC(=O)CCN1CCC(NC[C@@](C)(CC)[C@H](C)O)CC1. The number of aliphatic hydroxyl groups is 1. The first-order valence-corrected chi connectivity index (χ1v) is 8.70. The molecule has 5 heteroatoms. The van der Waals surface area contributed by atoms with Crippen molar-refractivity contribution >= 4 is 5.97 Å². The number of hydrogen-bond donors (Lipinski definition) is 2. The molecule has 22 heavy (non-hydrogen) atoms. The van der Waals surface area contributed by atoms with Crippen LogP contribution in [0.2, 0.25) is 0 Å². The minimum Gasteiger partial charge on any atom is -0.466 e. The highest BCUT2D eigenvalue weighted by atomic mass is 16.5. The predicted molar refractivity (Wildman–Crippen MR) is 88.8 cm³/mol. The Balaban J connectivity index is 2.24. The van der Waals surface area contributed by atoms with Crippen molar-refractivity contribution in [3.05, 3.63) is 0 Å². The normalized spacial score (nSPS) is 21.3. The van der Waals surface area contributed by atoms with E-state index in [1.165, 1.54) is 0 Å². The summed E-state index contributed by atoms with van der Waals surface area (Å²) in [5.41, 5.74) is -0.0545. The average molecular weight is 314 g/mol. The fourth-order valence-corrected chi connectivity index (χ4v) is 2.79. The zero-order valence-electron chi connectivity index (χ0n) is 14.7. The highest BCUT2D eigenvalue weighted by molar-refractivity contribution is 5.69. The maximum atomic E-state index is 11.4. The number of carbonyl (C=O) groups excluding carboxylic acids is 1. The number of piperidine rings is 1. The fourth-order valence-electron chi connectivity index (χ4n) is 2.79. The van der Waals surface area contributed by atoms with Gasteiger partial charge in [0.25, 0.3) is 0 Å². The number of nitrogens with zero attached hydrogens (tertiary/aromatic N) is 1. The van der Waals surface area contributed by atoms with Gasteiger partial charge < -0.3 is 20.1 Å².